The molecule has 0 spiro atoms. The smallest absolute Gasteiger partial charge is 0.307 e. The lowest BCUT2D eigenvalue weighted by atomic mass is 10.0. The van der Waals surface area contributed by atoms with E-state index in [2.05, 4.69) is 20.7 Å². The van der Waals surface area contributed by atoms with E-state index < -0.39 is 12.0 Å². The van der Waals surface area contributed by atoms with E-state index in [0.717, 1.165) is 0 Å². The Balaban J connectivity index is 0.00000289. The fourth-order valence-corrected chi connectivity index (χ4v) is 1.86. The van der Waals surface area contributed by atoms with Crippen LogP contribution >= 0.6 is 28.3 Å². The maximum absolute atomic E-state index is 11.1. The fraction of sp³-hybridized carbons (Fsp3) is 0.364. The van der Waals surface area contributed by atoms with Crippen molar-refractivity contribution < 1.29 is 19.4 Å². The van der Waals surface area contributed by atoms with Crippen molar-refractivity contribution in [2.45, 2.75) is 12.5 Å². The number of rotatable bonds is 4. The molecular weight excluding hydrogens is 325 g/mol. The number of benzene rings is 1. The summed E-state index contributed by atoms with van der Waals surface area (Å²) < 4.78 is 10.2. The van der Waals surface area contributed by atoms with Crippen molar-refractivity contribution >= 4 is 34.3 Å². The Morgan fingerprint density at radius 1 is 1.50 bits per heavy atom. The summed E-state index contributed by atoms with van der Waals surface area (Å²) in [6.07, 6.45) is -0.0103. The highest BCUT2D eigenvalue weighted by atomic mass is 79.9. The van der Waals surface area contributed by atoms with Crippen molar-refractivity contribution in [3.05, 3.63) is 22.2 Å². The third-order valence-corrected chi connectivity index (χ3v) is 2.76. The van der Waals surface area contributed by atoms with Crippen LogP contribution in [0.15, 0.2) is 16.6 Å². The van der Waals surface area contributed by atoms with Gasteiger partial charge in [0.15, 0.2) is 11.5 Å². The van der Waals surface area contributed by atoms with Gasteiger partial charge >= 0.3 is 5.97 Å². The molecule has 102 valence electrons. The molecule has 1 rings (SSSR count). The van der Waals surface area contributed by atoms with E-state index in [1.54, 1.807) is 12.1 Å². The van der Waals surface area contributed by atoms with Gasteiger partial charge in [-0.3, -0.25) is 4.79 Å². The van der Waals surface area contributed by atoms with Crippen LogP contribution < -0.4 is 10.5 Å². The van der Waals surface area contributed by atoms with Gasteiger partial charge in [-0.1, -0.05) is 15.9 Å². The number of ether oxygens (including phenoxy) is 2. The highest BCUT2D eigenvalue weighted by molar-refractivity contribution is 9.10. The number of aromatic hydroxyl groups is 1. The summed E-state index contributed by atoms with van der Waals surface area (Å²) in [6.45, 7) is 0. The van der Waals surface area contributed by atoms with Gasteiger partial charge in [-0.05, 0) is 12.1 Å². The van der Waals surface area contributed by atoms with Crippen molar-refractivity contribution in [1.82, 2.24) is 0 Å². The predicted molar refractivity (Wildman–Crippen MR) is 73.2 cm³/mol. The molecule has 0 aliphatic carbocycles. The van der Waals surface area contributed by atoms with Gasteiger partial charge < -0.3 is 20.3 Å². The zero-order valence-corrected chi connectivity index (χ0v) is 12.4. The molecule has 0 aliphatic rings. The van der Waals surface area contributed by atoms with Crippen LogP contribution in [0.4, 0.5) is 0 Å². The molecule has 0 amide bonds. The molecule has 1 aromatic rings. The quantitative estimate of drug-likeness (QED) is 0.821. The summed E-state index contributed by atoms with van der Waals surface area (Å²) in [6, 6.07) is 2.61. The zero-order valence-electron chi connectivity index (χ0n) is 9.97. The topological polar surface area (TPSA) is 81.8 Å². The second-order valence-corrected chi connectivity index (χ2v) is 4.35. The Bertz CT molecular complexity index is 428. The lowest BCUT2D eigenvalue weighted by Crippen LogP contribution is -2.16. The van der Waals surface area contributed by atoms with Gasteiger partial charge in [-0.15, -0.1) is 12.4 Å². The monoisotopic (exact) mass is 339 g/mol. The Morgan fingerprint density at radius 3 is 2.61 bits per heavy atom. The number of halogens is 2. The van der Waals surface area contributed by atoms with Crippen LogP contribution in [-0.2, 0) is 9.53 Å². The molecule has 0 aromatic heterocycles. The van der Waals surface area contributed by atoms with E-state index in [1.807, 2.05) is 0 Å². The zero-order chi connectivity index (χ0) is 13.0. The van der Waals surface area contributed by atoms with E-state index >= 15 is 0 Å². The highest BCUT2D eigenvalue weighted by Crippen LogP contribution is 2.37. The number of nitrogens with two attached hydrogens (primary N) is 1. The van der Waals surface area contributed by atoms with Crippen molar-refractivity contribution in [2.75, 3.05) is 14.2 Å². The molecule has 0 saturated carbocycles. The largest absolute Gasteiger partial charge is 0.504 e. The first kappa shape index (κ1) is 17.0. The Labute approximate surface area is 120 Å². The van der Waals surface area contributed by atoms with Gasteiger partial charge in [0.2, 0.25) is 0 Å². The lowest BCUT2D eigenvalue weighted by Gasteiger charge is -2.15. The number of phenolic OH excluding ortho intramolecular Hbond substituents is 1. The molecule has 0 bridgehead atoms. The fourth-order valence-electron chi connectivity index (χ4n) is 1.41. The summed E-state index contributed by atoms with van der Waals surface area (Å²) in [5.41, 5.74) is 6.26. The molecule has 0 radical (unpaired) electrons. The van der Waals surface area contributed by atoms with Crippen LogP contribution in [0, 0.1) is 0 Å². The van der Waals surface area contributed by atoms with Gasteiger partial charge in [0, 0.05) is 16.1 Å². The molecule has 5 nitrogen and oxygen atoms in total. The highest BCUT2D eigenvalue weighted by Gasteiger charge is 2.19. The molecule has 0 aliphatic heterocycles. The van der Waals surface area contributed by atoms with Crippen LogP contribution in [0.1, 0.15) is 18.0 Å². The molecular formula is C11H15BrClNO4. The second-order valence-electron chi connectivity index (χ2n) is 3.43. The standard InChI is InChI=1S/C11H14BrNO4.ClH/c1-16-9-4-6(12)3-7(11(9)15)8(13)5-10(14)17-2;/h3-4,8,15H,5,13H2,1-2H3;1H/t8-;/m0./s1. The summed E-state index contributed by atoms with van der Waals surface area (Å²) >= 11 is 3.28. The Hall–Kier alpha value is -0.980. The third-order valence-electron chi connectivity index (χ3n) is 2.30. The summed E-state index contributed by atoms with van der Waals surface area (Å²) in [5.74, 6) is -0.197. The van der Waals surface area contributed by atoms with E-state index in [1.165, 1.54) is 14.2 Å². The summed E-state index contributed by atoms with van der Waals surface area (Å²) in [4.78, 5) is 11.1. The molecule has 3 N–H and O–H groups in total. The van der Waals surface area contributed by atoms with Crippen LogP contribution in [-0.4, -0.2) is 25.3 Å². The number of carbonyl (C=O) groups is 1. The van der Waals surface area contributed by atoms with Gasteiger partial charge in [0.25, 0.3) is 0 Å². The van der Waals surface area contributed by atoms with Crippen molar-refractivity contribution in [1.29, 1.82) is 0 Å². The second kappa shape index (κ2) is 7.45. The first-order valence-electron chi connectivity index (χ1n) is 4.88. The average Bonchev–Trinajstić information content (AvgIpc) is 2.31. The van der Waals surface area contributed by atoms with Gasteiger partial charge in [0.1, 0.15) is 0 Å². The first-order valence-corrected chi connectivity index (χ1v) is 5.67. The van der Waals surface area contributed by atoms with Gasteiger partial charge in [-0.2, -0.15) is 0 Å². The molecule has 0 unspecified atom stereocenters. The van der Waals surface area contributed by atoms with Crippen LogP contribution in [0.2, 0.25) is 0 Å². The lowest BCUT2D eigenvalue weighted by molar-refractivity contribution is -0.141. The molecule has 0 fully saturated rings. The first-order chi connectivity index (χ1) is 7.99. The normalized spacial score (nSPS) is 11.3. The molecule has 1 aromatic carbocycles. The van der Waals surface area contributed by atoms with Crippen molar-refractivity contribution in [3.8, 4) is 11.5 Å². The third kappa shape index (κ3) is 4.04. The maximum Gasteiger partial charge on any atom is 0.307 e. The number of methoxy groups -OCH3 is 2. The number of esters is 1. The van der Waals surface area contributed by atoms with Crippen LogP contribution in [0.5, 0.6) is 11.5 Å². The number of phenols is 1. The van der Waals surface area contributed by atoms with E-state index in [-0.39, 0.29) is 24.6 Å². The van der Waals surface area contributed by atoms with E-state index in [0.29, 0.717) is 15.8 Å². The van der Waals surface area contributed by atoms with Crippen LogP contribution in [0.25, 0.3) is 0 Å². The van der Waals surface area contributed by atoms with Crippen molar-refractivity contribution in [3.63, 3.8) is 0 Å². The van der Waals surface area contributed by atoms with Gasteiger partial charge in [0.05, 0.1) is 20.6 Å². The van der Waals surface area contributed by atoms with E-state index in [9.17, 15) is 9.90 Å². The number of hydrogen-bond donors (Lipinski definition) is 2. The minimum Gasteiger partial charge on any atom is -0.504 e. The summed E-state index contributed by atoms with van der Waals surface area (Å²) in [7, 11) is 2.73. The maximum atomic E-state index is 11.1. The molecule has 0 heterocycles. The number of carbonyl (C=O) groups excluding carboxylic acids is 1. The van der Waals surface area contributed by atoms with E-state index in [4.69, 9.17) is 10.5 Å². The SMILES string of the molecule is COC(=O)C[C@H](N)c1cc(Br)cc(OC)c1O.Cl. The molecule has 18 heavy (non-hydrogen) atoms. The average molecular weight is 341 g/mol. The number of hydrogen-bond acceptors (Lipinski definition) is 5. The Kier molecular flexibility index (Phi) is 7.05. The Morgan fingerprint density at radius 2 is 2.11 bits per heavy atom. The van der Waals surface area contributed by atoms with Crippen molar-refractivity contribution in [2.24, 2.45) is 5.73 Å². The minimum absolute atomic E-state index is 0. The molecule has 1 atom stereocenters. The molecule has 0 saturated heterocycles. The summed E-state index contributed by atoms with van der Waals surface area (Å²) in [5, 5.41) is 9.89. The predicted octanol–water partition coefficient (Wildman–Crippen LogP) is 2.15. The van der Waals surface area contributed by atoms with Crippen LogP contribution in [0.3, 0.4) is 0 Å². The van der Waals surface area contributed by atoms with Gasteiger partial charge in [-0.25, -0.2) is 0 Å². The molecule has 7 heteroatoms. The minimum atomic E-state index is -0.645.